The molecule has 0 aromatic carbocycles. The highest BCUT2D eigenvalue weighted by atomic mass is 32.2. The van der Waals surface area contributed by atoms with E-state index >= 15 is 0 Å². The molecule has 0 aromatic heterocycles. The Kier molecular flexibility index (Phi) is 9.85. The second-order valence-corrected chi connectivity index (χ2v) is 10.8. The van der Waals surface area contributed by atoms with Crippen molar-refractivity contribution in [3.63, 3.8) is 0 Å². The molecule has 29 heavy (non-hydrogen) atoms. The van der Waals surface area contributed by atoms with Gasteiger partial charge in [-0.1, -0.05) is 13.8 Å². The van der Waals surface area contributed by atoms with Gasteiger partial charge in [0.25, 0.3) is 0 Å². The van der Waals surface area contributed by atoms with Crippen molar-refractivity contribution in [1.29, 1.82) is 0 Å². The molecule has 0 aromatic rings. The fraction of sp³-hybridized carbons (Fsp3) is 0.952. The third kappa shape index (κ3) is 8.15. The largest absolute Gasteiger partial charge is 0.385 e. The molecule has 1 saturated heterocycles. The van der Waals surface area contributed by atoms with Crippen LogP contribution in [0.25, 0.3) is 0 Å². The van der Waals surface area contributed by atoms with Crippen LogP contribution >= 0.6 is 0 Å². The maximum absolute atomic E-state index is 12.8. The van der Waals surface area contributed by atoms with E-state index in [1.165, 1.54) is 19.1 Å². The number of nitrogens with one attached hydrogen (secondary N) is 1. The monoisotopic (exact) mass is 432 g/mol. The Morgan fingerprint density at radius 1 is 1.17 bits per heavy atom. The lowest BCUT2D eigenvalue weighted by Gasteiger charge is -2.42. The van der Waals surface area contributed by atoms with Gasteiger partial charge in [-0.3, -0.25) is 4.79 Å². The molecule has 1 N–H and O–H groups in total. The summed E-state index contributed by atoms with van der Waals surface area (Å²) in [7, 11) is -1.72. The highest BCUT2D eigenvalue weighted by molar-refractivity contribution is 7.88. The second-order valence-electron chi connectivity index (χ2n) is 9.00. The van der Waals surface area contributed by atoms with Crippen LogP contribution in [0.5, 0.6) is 0 Å². The minimum Gasteiger partial charge on any atom is -0.385 e. The van der Waals surface area contributed by atoms with Crippen molar-refractivity contribution in [3.8, 4) is 0 Å². The molecule has 2 atom stereocenters. The van der Waals surface area contributed by atoms with Crippen LogP contribution in [0.1, 0.15) is 65.2 Å². The Morgan fingerprint density at radius 3 is 2.45 bits per heavy atom. The standard InChI is InChI=1S/C21H40N2O5S/c1-16(2)17-9-11-18(12-10-17)28-15-20-19(22-29(4,25)26)7-5-13-23(20)21(24)8-6-14-27-3/h16-20,22H,5-15H2,1-4H3/t17?,18?,19-,20-/m0/s1. The number of methoxy groups -OCH3 is 1. The van der Waals surface area contributed by atoms with E-state index in [2.05, 4.69) is 18.6 Å². The van der Waals surface area contributed by atoms with Crippen LogP contribution in [0, 0.1) is 11.8 Å². The summed E-state index contributed by atoms with van der Waals surface area (Å²) >= 11 is 0. The van der Waals surface area contributed by atoms with Crippen molar-refractivity contribution in [2.75, 3.05) is 33.1 Å². The van der Waals surface area contributed by atoms with Gasteiger partial charge in [0.05, 0.1) is 25.0 Å². The van der Waals surface area contributed by atoms with Crippen LogP contribution in [-0.4, -0.2) is 70.5 Å². The minimum atomic E-state index is -3.35. The molecule has 2 rings (SSSR count). The first-order valence-electron chi connectivity index (χ1n) is 11.1. The fourth-order valence-corrected chi connectivity index (χ4v) is 5.48. The highest BCUT2D eigenvalue weighted by Crippen LogP contribution is 2.32. The average Bonchev–Trinajstić information content (AvgIpc) is 2.66. The number of nitrogens with zero attached hydrogens (tertiary/aromatic N) is 1. The normalized spacial score (nSPS) is 28.7. The topological polar surface area (TPSA) is 84.9 Å². The van der Waals surface area contributed by atoms with Gasteiger partial charge in [-0.2, -0.15) is 0 Å². The predicted octanol–water partition coefficient (Wildman–Crippen LogP) is 2.55. The number of carbonyl (C=O) groups excluding carboxylic acids is 1. The maximum atomic E-state index is 12.8. The molecule has 2 fully saturated rings. The molecule has 1 amide bonds. The number of rotatable bonds is 10. The van der Waals surface area contributed by atoms with Crippen LogP contribution in [0.4, 0.5) is 0 Å². The number of hydrogen-bond acceptors (Lipinski definition) is 5. The third-order valence-electron chi connectivity index (χ3n) is 6.37. The van der Waals surface area contributed by atoms with Crippen molar-refractivity contribution in [3.05, 3.63) is 0 Å². The Hall–Kier alpha value is -0.700. The van der Waals surface area contributed by atoms with Gasteiger partial charge in [0.2, 0.25) is 15.9 Å². The predicted molar refractivity (Wildman–Crippen MR) is 114 cm³/mol. The molecule has 1 aliphatic heterocycles. The Balaban J connectivity index is 1.99. The number of amides is 1. The highest BCUT2D eigenvalue weighted by Gasteiger charge is 2.36. The van der Waals surface area contributed by atoms with E-state index in [0.29, 0.717) is 38.5 Å². The van der Waals surface area contributed by atoms with Gasteiger partial charge in [-0.25, -0.2) is 13.1 Å². The van der Waals surface area contributed by atoms with E-state index in [1.807, 2.05) is 4.90 Å². The van der Waals surface area contributed by atoms with E-state index < -0.39 is 10.0 Å². The molecular weight excluding hydrogens is 392 g/mol. The summed E-state index contributed by atoms with van der Waals surface area (Å²) in [5.41, 5.74) is 0. The van der Waals surface area contributed by atoms with Gasteiger partial charge in [0.1, 0.15) is 0 Å². The number of carbonyl (C=O) groups is 1. The van der Waals surface area contributed by atoms with E-state index in [-0.39, 0.29) is 24.1 Å². The van der Waals surface area contributed by atoms with Crippen molar-refractivity contribution in [1.82, 2.24) is 9.62 Å². The lowest BCUT2D eigenvalue weighted by atomic mass is 9.80. The van der Waals surface area contributed by atoms with Gasteiger partial charge in [-0.15, -0.1) is 0 Å². The zero-order valence-electron chi connectivity index (χ0n) is 18.6. The number of ether oxygens (including phenoxy) is 2. The Labute approximate surface area is 176 Å². The summed E-state index contributed by atoms with van der Waals surface area (Å²) in [6.45, 7) is 6.15. The maximum Gasteiger partial charge on any atom is 0.223 e. The van der Waals surface area contributed by atoms with Gasteiger partial charge in [0.15, 0.2) is 0 Å². The molecule has 1 saturated carbocycles. The van der Waals surface area contributed by atoms with Crippen LogP contribution < -0.4 is 4.72 Å². The summed E-state index contributed by atoms with van der Waals surface area (Å²) in [5, 5.41) is 0. The summed E-state index contributed by atoms with van der Waals surface area (Å²) in [6.07, 6.45) is 8.42. The first-order valence-corrected chi connectivity index (χ1v) is 13.0. The van der Waals surface area contributed by atoms with E-state index in [9.17, 15) is 13.2 Å². The number of piperidine rings is 1. The summed E-state index contributed by atoms with van der Waals surface area (Å²) in [4.78, 5) is 14.6. The molecule has 2 aliphatic rings. The molecule has 0 spiro atoms. The van der Waals surface area contributed by atoms with Crippen molar-refractivity contribution < 1.29 is 22.7 Å². The Bertz CT molecular complexity index is 602. The minimum absolute atomic E-state index is 0.0548. The zero-order valence-corrected chi connectivity index (χ0v) is 19.4. The van der Waals surface area contributed by atoms with E-state index in [0.717, 1.165) is 31.6 Å². The smallest absolute Gasteiger partial charge is 0.223 e. The first kappa shape index (κ1) is 24.6. The van der Waals surface area contributed by atoms with Crippen LogP contribution in [0.15, 0.2) is 0 Å². The van der Waals surface area contributed by atoms with E-state index in [1.54, 1.807) is 7.11 Å². The van der Waals surface area contributed by atoms with Crippen LogP contribution in [0.3, 0.4) is 0 Å². The first-order chi connectivity index (χ1) is 13.7. The Morgan fingerprint density at radius 2 is 1.86 bits per heavy atom. The lowest BCUT2D eigenvalue weighted by Crippen LogP contribution is -2.59. The fourth-order valence-electron chi connectivity index (χ4n) is 4.65. The van der Waals surface area contributed by atoms with E-state index in [4.69, 9.17) is 9.47 Å². The number of likely N-dealkylation sites (tertiary alicyclic amines) is 1. The zero-order chi connectivity index (χ0) is 21.4. The molecule has 7 nitrogen and oxygen atoms in total. The summed E-state index contributed by atoms with van der Waals surface area (Å²) < 4.78 is 37.8. The molecule has 170 valence electrons. The summed E-state index contributed by atoms with van der Waals surface area (Å²) in [6, 6.07) is -0.548. The SMILES string of the molecule is COCCCC(=O)N1CCC[C@H](NS(C)(=O)=O)[C@@H]1COC1CCC(C(C)C)CC1. The summed E-state index contributed by atoms with van der Waals surface area (Å²) in [5.74, 6) is 1.53. The van der Waals surface area contributed by atoms with Gasteiger partial charge >= 0.3 is 0 Å². The van der Waals surface area contributed by atoms with Gasteiger partial charge in [-0.05, 0) is 56.8 Å². The molecular formula is C21H40N2O5S. The lowest BCUT2D eigenvalue weighted by molar-refractivity contribution is -0.139. The molecule has 0 bridgehead atoms. The number of hydrogen-bond donors (Lipinski definition) is 1. The molecule has 8 heteroatoms. The van der Waals surface area contributed by atoms with Crippen molar-refractivity contribution in [2.24, 2.45) is 11.8 Å². The third-order valence-corrected chi connectivity index (χ3v) is 7.10. The van der Waals surface area contributed by atoms with Crippen LogP contribution in [0.2, 0.25) is 0 Å². The average molecular weight is 433 g/mol. The molecule has 0 unspecified atom stereocenters. The second kappa shape index (κ2) is 11.6. The van der Waals surface area contributed by atoms with Gasteiger partial charge in [0, 0.05) is 32.7 Å². The molecule has 1 aliphatic carbocycles. The molecule has 1 heterocycles. The van der Waals surface area contributed by atoms with Crippen LogP contribution in [-0.2, 0) is 24.3 Å². The quantitative estimate of drug-likeness (QED) is 0.536. The number of sulfonamides is 1. The molecule has 0 radical (unpaired) electrons. The van der Waals surface area contributed by atoms with Gasteiger partial charge < -0.3 is 14.4 Å². The van der Waals surface area contributed by atoms with Crippen molar-refractivity contribution >= 4 is 15.9 Å². The van der Waals surface area contributed by atoms with Crippen molar-refractivity contribution in [2.45, 2.75) is 83.4 Å².